The Balaban J connectivity index is 0.00000361. The third-order valence-electron chi connectivity index (χ3n) is 3.05. The third kappa shape index (κ3) is 5.80. The molecular weight excluding hydrogens is 278 g/mol. The van der Waals surface area contributed by atoms with Crippen LogP contribution in [0.5, 0.6) is 5.75 Å². The van der Waals surface area contributed by atoms with Crippen LogP contribution in [0.3, 0.4) is 0 Å². The molecule has 0 fully saturated rings. The molecule has 0 saturated heterocycles. The molecule has 4 nitrogen and oxygen atoms in total. The zero-order valence-electron chi connectivity index (χ0n) is 12.5. The molecule has 1 aromatic carbocycles. The number of carbonyl (C=O) groups is 1. The first-order valence-electron chi connectivity index (χ1n) is 6.63. The molecule has 0 aromatic heterocycles. The minimum atomic E-state index is -0.919. The van der Waals surface area contributed by atoms with E-state index >= 15 is 0 Å². The Kier molecular flexibility index (Phi) is 8.26. The number of hydrogen-bond donors (Lipinski definition) is 1. The van der Waals surface area contributed by atoms with Crippen molar-refractivity contribution in [2.24, 2.45) is 0 Å². The molecule has 20 heavy (non-hydrogen) atoms. The van der Waals surface area contributed by atoms with Crippen LogP contribution in [-0.2, 0) is 0 Å². The number of hydrogen-bond acceptors (Lipinski definition) is 3. The van der Waals surface area contributed by atoms with Crippen molar-refractivity contribution in [2.45, 2.75) is 39.8 Å². The molecule has 0 amide bonds. The quantitative estimate of drug-likeness (QED) is 0.839. The molecule has 0 aliphatic carbocycles. The van der Waals surface area contributed by atoms with Crippen molar-refractivity contribution in [3.8, 4) is 5.75 Å². The summed E-state index contributed by atoms with van der Waals surface area (Å²) in [6.07, 6.45) is 0. The SMILES string of the molecule is CC(C)N(CCOc1ccc(C(=O)O)cc1)C(C)C.Cl. The number of halogens is 1. The summed E-state index contributed by atoms with van der Waals surface area (Å²) >= 11 is 0. The molecule has 0 aliphatic rings. The second kappa shape index (κ2) is 8.82. The lowest BCUT2D eigenvalue weighted by Gasteiger charge is -2.30. The van der Waals surface area contributed by atoms with E-state index in [1.54, 1.807) is 24.3 Å². The Morgan fingerprint density at radius 3 is 2.05 bits per heavy atom. The molecule has 0 radical (unpaired) electrons. The molecule has 0 atom stereocenters. The Bertz CT molecular complexity index is 396. The highest BCUT2D eigenvalue weighted by Gasteiger charge is 2.12. The van der Waals surface area contributed by atoms with Gasteiger partial charge in [0.15, 0.2) is 0 Å². The Morgan fingerprint density at radius 1 is 1.15 bits per heavy atom. The Morgan fingerprint density at radius 2 is 1.65 bits per heavy atom. The lowest BCUT2D eigenvalue weighted by atomic mass is 10.2. The zero-order chi connectivity index (χ0) is 14.4. The minimum absolute atomic E-state index is 0. The van der Waals surface area contributed by atoms with Crippen LogP contribution in [-0.4, -0.2) is 41.2 Å². The summed E-state index contributed by atoms with van der Waals surface area (Å²) in [6, 6.07) is 7.47. The molecule has 0 spiro atoms. The maximum Gasteiger partial charge on any atom is 0.335 e. The van der Waals surface area contributed by atoms with Crippen LogP contribution in [0.15, 0.2) is 24.3 Å². The second-order valence-corrected chi connectivity index (χ2v) is 5.10. The number of nitrogens with zero attached hydrogens (tertiary/aromatic N) is 1. The predicted octanol–water partition coefficient (Wildman–Crippen LogP) is 3.30. The molecule has 0 bridgehead atoms. The number of carboxylic acid groups (broad SMARTS) is 1. The van der Waals surface area contributed by atoms with Gasteiger partial charge in [0.25, 0.3) is 0 Å². The molecule has 0 heterocycles. The first-order valence-corrected chi connectivity index (χ1v) is 6.63. The largest absolute Gasteiger partial charge is 0.492 e. The topological polar surface area (TPSA) is 49.8 Å². The first kappa shape index (κ1) is 18.7. The van der Waals surface area contributed by atoms with Gasteiger partial charge in [-0.3, -0.25) is 4.90 Å². The molecule has 0 saturated carbocycles. The lowest BCUT2D eigenvalue weighted by molar-refractivity contribution is 0.0697. The highest BCUT2D eigenvalue weighted by Crippen LogP contribution is 2.12. The van der Waals surface area contributed by atoms with Gasteiger partial charge in [-0.1, -0.05) is 0 Å². The van der Waals surface area contributed by atoms with Gasteiger partial charge >= 0.3 is 5.97 Å². The van der Waals surface area contributed by atoms with Crippen molar-refractivity contribution in [1.29, 1.82) is 0 Å². The smallest absolute Gasteiger partial charge is 0.335 e. The van der Waals surface area contributed by atoms with Crippen LogP contribution in [0.1, 0.15) is 38.1 Å². The van der Waals surface area contributed by atoms with Gasteiger partial charge in [0.1, 0.15) is 12.4 Å². The molecular formula is C15H24ClNO3. The maximum atomic E-state index is 10.7. The summed E-state index contributed by atoms with van der Waals surface area (Å²) in [5.41, 5.74) is 0.276. The number of carboxylic acids is 1. The summed E-state index contributed by atoms with van der Waals surface area (Å²) in [5, 5.41) is 8.80. The first-order chi connectivity index (χ1) is 8.91. The number of aromatic carboxylic acids is 1. The van der Waals surface area contributed by atoms with Gasteiger partial charge < -0.3 is 9.84 Å². The van der Waals surface area contributed by atoms with Gasteiger partial charge in [-0.05, 0) is 52.0 Å². The van der Waals surface area contributed by atoms with E-state index in [9.17, 15) is 4.79 Å². The standard InChI is InChI=1S/C15H23NO3.ClH/c1-11(2)16(12(3)4)9-10-19-14-7-5-13(6-8-14)15(17)18;/h5-8,11-12H,9-10H2,1-4H3,(H,17,18);1H. The molecule has 114 valence electrons. The number of benzene rings is 1. The van der Waals surface area contributed by atoms with E-state index in [0.29, 0.717) is 24.4 Å². The minimum Gasteiger partial charge on any atom is -0.492 e. The highest BCUT2D eigenvalue weighted by molar-refractivity contribution is 5.87. The fourth-order valence-electron chi connectivity index (χ4n) is 2.08. The normalized spacial score (nSPS) is 10.8. The van der Waals surface area contributed by atoms with Gasteiger partial charge in [0.05, 0.1) is 5.56 Å². The fraction of sp³-hybridized carbons (Fsp3) is 0.533. The average molecular weight is 302 g/mol. The van der Waals surface area contributed by atoms with Gasteiger partial charge in [-0.15, -0.1) is 12.4 Å². The lowest BCUT2D eigenvalue weighted by Crippen LogP contribution is -2.39. The van der Waals surface area contributed by atoms with Crippen molar-refractivity contribution >= 4 is 18.4 Å². The zero-order valence-corrected chi connectivity index (χ0v) is 13.3. The summed E-state index contributed by atoms with van der Waals surface area (Å²) < 4.78 is 5.64. The van der Waals surface area contributed by atoms with E-state index in [2.05, 4.69) is 32.6 Å². The average Bonchev–Trinajstić information content (AvgIpc) is 2.34. The van der Waals surface area contributed by atoms with Crippen molar-refractivity contribution in [1.82, 2.24) is 4.90 Å². The second-order valence-electron chi connectivity index (χ2n) is 5.10. The summed E-state index contributed by atoms with van der Waals surface area (Å²) in [7, 11) is 0. The van der Waals surface area contributed by atoms with E-state index in [1.807, 2.05) is 0 Å². The highest BCUT2D eigenvalue weighted by atomic mass is 35.5. The summed E-state index contributed by atoms with van der Waals surface area (Å²) in [5.74, 6) is -0.213. The van der Waals surface area contributed by atoms with E-state index in [-0.39, 0.29) is 18.0 Å². The van der Waals surface area contributed by atoms with Crippen LogP contribution in [0.4, 0.5) is 0 Å². The molecule has 1 rings (SSSR count). The Hall–Kier alpha value is -1.26. The van der Waals surface area contributed by atoms with Crippen molar-refractivity contribution in [3.05, 3.63) is 29.8 Å². The van der Waals surface area contributed by atoms with Crippen LogP contribution < -0.4 is 4.74 Å². The van der Waals surface area contributed by atoms with Crippen LogP contribution in [0.2, 0.25) is 0 Å². The van der Waals surface area contributed by atoms with Crippen molar-refractivity contribution in [2.75, 3.05) is 13.2 Å². The molecule has 0 aliphatic heterocycles. The monoisotopic (exact) mass is 301 g/mol. The number of ether oxygens (including phenoxy) is 1. The van der Waals surface area contributed by atoms with E-state index in [1.165, 1.54) is 0 Å². The van der Waals surface area contributed by atoms with Gasteiger partial charge in [0, 0.05) is 18.6 Å². The summed E-state index contributed by atoms with van der Waals surface area (Å²) in [4.78, 5) is 13.1. The molecule has 5 heteroatoms. The van der Waals surface area contributed by atoms with Crippen LogP contribution in [0.25, 0.3) is 0 Å². The van der Waals surface area contributed by atoms with Gasteiger partial charge in [-0.2, -0.15) is 0 Å². The van der Waals surface area contributed by atoms with Crippen molar-refractivity contribution < 1.29 is 14.6 Å². The van der Waals surface area contributed by atoms with Gasteiger partial charge in [0.2, 0.25) is 0 Å². The molecule has 0 unspecified atom stereocenters. The molecule has 1 aromatic rings. The van der Waals surface area contributed by atoms with E-state index in [0.717, 1.165) is 6.54 Å². The van der Waals surface area contributed by atoms with Crippen LogP contribution in [0, 0.1) is 0 Å². The van der Waals surface area contributed by atoms with E-state index < -0.39 is 5.97 Å². The summed E-state index contributed by atoms with van der Waals surface area (Å²) in [6.45, 7) is 10.1. The van der Waals surface area contributed by atoms with Gasteiger partial charge in [-0.25, -0.2) is 4.79 Å². The predicted molar refractivity (Wildman–Crippen MR) is 83.1 cm³/mol. The Labute approximate surface area is 127 Å². The van der Waals surface area contributed by atoms with E-state index in [4.69, 9.17) is 9.84 Å². The fourth-order valence-corrected chi connectivity index (χ4v) is 2.08. The third-order valence-corrected chi connectivity index (χ3v) is 3.05. The number of rotatable bonds is 7. The van der Waals surface area contributed by atoms with Crippen LogP contribution >= 0.6 is 12.4 Å². The molecule has 1 N–H and O–H groups in total. The maximum absolute atomic E-state index is 10.7. The van der Waals surface area contributed by atoms with Crippen molar-refractivity contribution in [3.63, 3.8) is 0 Å².